The van der Waals surface area contributed by atoms with Crippen LogP contribution in [0.25, 0.3) is 0 Å². The summed E-state index contributed by atoms with van der Waals surface area (Å²) in [5.74, 6) is 2.68. The molecule has 0 saturated heterocycles. The summed E-state index contributed by atoms with van der Waals surface area (Å²) in [5, 5.41) is 10.0. The highest BCUT2D eigenvalue weighted by molar-refractivity contribution is 7.99. The maximum atomic E-state index is 9.42. The van der Waals surface area contributed by atoms with Crippen molar-refractivity contribution in [2.24, 2.45) is 11.8 Å². The Labute approximate surface area is 93.7 Å². The number of aliphatic hydroxyl groups is 1. The van der Waals surface area contributed by atoms with Gasteiger partial charge in [-0.1, -0.05) is 34.1 Å². The highest BCUT2D eigenvalue weighted by Crippen LogP contribution is 2.27. The van der Waals surface area contributed by atoms with Gasteiger partial charge in [0.1, 0.15) is 0 Å². The van der Waals surface area contributed by atoms with E-state index in [0.29, 0.717) is 11.2 Å². The Morgan fingerprint density at radius 1 is 1.14 bits per heavy atom. The Kier molecular flexibility index (Phi) is 7.75. The second-order valence-electron chi connectivity index (χ2n) is 4.74. The maximum Gasteiger partial charge on any atom is 0.0522 e. The Hall–Kier alpha value is 0.310. The van der Waals surface area contributed by atoms with Crippen molar-refractivity contribution in [3.05, 3.63) is 0 Å². The molecule has 0 radical (unpaired) electrons. The predicted octanol–water partition coefficient (Wildman–Crippen LogP) is 3.56. The fraction of sp³-hybridized carbons (Fsp3) is 1.00. The average Bonchev–Trinajstić information content (AvgIpc) is 2.10. The van der Waals surface area contributed by atoms with Crippen LogP contribution in [-0.4, -0.2) is 22.2 Å². The SMILES string of the molecule is CCC(C)C(CC(C)O)SCC(C)C. The Balaban J connectivity index is 3.97. The molecule has 2 heteroatoms. The summed E-state index contributed by atoms with van der Waals surface area (Å²) in [7, 11) is 0. The van der Waals surface area contributed by atoms with E-state index in [-0.39, 0.29) is 6.10 Å². The zero-order valence-electron chi connectivity index (χ0n) is 10.3. The van der Waals surface area contributed by atoms with Gasteiger partial charge in [0.15, 0.2) is 0 Å². The third-order valence-electron chi connectivity index (χ3n) is 2.50. The molecule has 3 unspecified atom stereocenters. The molecule has 0 aromatic rings. The molecule has 0 spiro atoms. The van der Waals surface area contributed by atoms with Crippen LogP contribution < -0.4 is 0 Å². The van der Waals surface area contributed by atoms with E-state index in [2.05, 4.69) is 27.7 Å². The van der Waals surface area contributed by atoms with Crippen LogP contribution in [0.3, 0.4) is 0 Å². The Morgan fingerprint density at radius 2 is 1.71 bits per heavy atom. The summed E-state index contributed by atoms with van der Waals surface area (Å²) in [6.45, 7) is 10.9. The lowest BCUT2D eigenvalue weighted by atomic mass is 10.0. The molecule has 0 aliphatic heterocycles. The lowest BCUT2D eigenvalue weighted by molar-refractivity contribution is 0.177. The standard InChI is InChI=1S/C12H26OS/c1-6-10(4)12(7-11(5)13)14-8-9(2)3/h9-13H,6-8H2,1-5H3. The number of hydrogen-bond donors (Lipinski definition) is 1. The van der Waals surface area contributed by atoms with E-state index < -0.39 is 0 Å². The highest BCUT2D eigenvalue weighted by atomic mass is 32.2. The van der Waals surface area contributed by atoms with Crippen molar-refractivity contribution in [3.8, 4) is 0 Å². The predicted molar refractivity (Wildman–Crippen MR) is 66.8 cm³/mol. The Bertz CT molecular complexity index is 134. The van der Waals surface area contributed by atoms with Crippen LogP contribution in [0.1, 0.15) is 47.5 Å². The van der Waals surface area contributed by atoms with Gasteiger partial charge in [0, 0.05) is 5.25 Å². The van der Waals surface area contributed by atoms with Crippen molar-refractivity contribution < 1.29 is 5.11 Å². The molecule has 14 heavy (non-hydrogen) atoms. The van der Waals surface area contributed by atoms with E-state index in [1.807, 2.05) is 18.7 Å². The Morgan fingerprint density at radius 3 is 2.07 bits per heavy atom. The zero-order valence-corrected chi connectivity index (χ0v) is 11.1. The van der Waals surface area contributed by atoms with Gasteiger partial charge in [0.2, 0.25) is 0 Å². The van der Waals surface area contributed by atoms with Crippen molar-refractivity contribution in [2.45, 2.75) is 58.8 Å². The zero-order chi connectivity index (χ0) is 11.1. The first kappa shape index (κ1) is 14.3. The second-order valence-corrected chi connectivity index (χ2v) is 6.01. The molecule has 1 N–H and O–H groups in total. The molecule has 0 saturated carbocycles. The molecule has 0 aromatic carbocycles. The maximum absolute atomic E-state index is 9.42. The van der Waals surface area contributed by atoms with Crippen LogP contribution >= 0.6 is 11.8 Å². The van der Waals surface area contributed by atoms with E-state index in [1.165, 1.54) is 12.2 Å². The van der Waals surface area contributed by atoms with Gasteiger partial charge < -0.3 is 5.11 Å². The second kappa shape index (κ2) is 7.58. The number of rotatable bonds is 7. The van der Waals surface area contributed by atoms with E-state index in [1.54, 1.807) is 0 Å². The minimum absolute atomic E-state index is 0.159. The molecule has 0 aromatic heterocycles. The minimum Gasteiger partial charge on any atom is -0.393 e. The topological polar surface area (TPSA) is 20.2 Å². The summed E-state index contributed by atoms with van der Waals surface area (Å²) >= 11 is 2.03. The van der Waals surface area contributed by atoms with Gasteiger partial charge >= 0.3 is 0 Å². The third-order valence-corrected chi connectivity index (χ3v) is 4.44. The van der Waals surface area contributed by atoms with Crippen LogP contribution in [0.15, 0.2) is 0 Å². The summed E-state index contributed by atoms with van der Waals surface area (Å²) in [4.78, 5) is 0. The van der Waals surface area contributed by atoms with E-state index >= 15 is 0 Å². The first-order valence-corrected chi connectivity index (χ1v) is 6.81. The van der Waals surface area contributed by atoms with Crippen molar-refractivity contribution in [2.75, 3.05) is 5.75 Å². The minimum atomic E-state index is -0.159. The van der Waals surface area contributed by atoms with Gasteiger partial charge in [0.05, 0.1) is 6.10 Å². The molecule has 86 valence electrons. The summed E-state index contributed by atoms with van der Waals surface area (Å²) < 4.78 is 0. The largest absolute Gasteiger partial charge is 0.393 e. The lowest BCUT2D eigenvalue weighted by Crippen LogP contribution is -2.20. The first-order valence-electron chi connectivity index (χ1n) is 5.77. The summed E-state index contributed by atoms with van der Waals surface area (Å²) in [6.07, 6.45) is 1.99. The van der Waals surface area contributed by atoms with Gasteiger partial charge in [-0.25, -0.2) is 0 Å². The monoisotopic (exact) mass is 218 g/mol. The van der Waals surface area contributed by atoms with Gasteiger partial charge in [-0.05, 0) is 30.9 Å². The molecule has 0 bridgehead atoms. The number of aliphatic hydroxyl groups excluding tert-OH is 1. The molecule has 3 atom stereocenters. The molecule has 0 heterocycles. The summed E-state index contributed by atoms with van der Waals surface area (Å²) in [6, 6.07) is 0. The quantitative estimate of drug-likeness (QED) is 0.705. The molecular weight excluding hydrogens is 192 g/mol. The van der Waals surface area contributed by atoms with Crippen molar-refractivity contribution in [1.82, 2.24) is 0 Å². The van der Waals surface area contributed by atoms with Crippen molar-refractivity contribution >= 4 is 11.8 Å². The van der Waals surface area contributed by atoms with Crippen LogP contribution in [0.5, 0.6) is 0 Å². The van der Waals surface area contributed by atoms with Crippen LogP contribution in [0.4, 0.5) is 0 Å². The normalized spacial score (nSPS) is 18.2. The van der Waals surface area contributed by atoms with Crippen LogP contribution in [0, 0.1) is 11.8 Å². The van der Waals surface area contributed by atoms with E-state index in [0.717, 1.165) is 12.3 Å². The third kappa shape index (κ3) is 6.72. The molecule has 0 rings (SSSR count). The van der Waals surface area contributed by atoms with E-state index in [4.69, 9.17) is 0 Å². The fourth-order valence-electron chi connectivity index (χ4n) is 1.38. The molecule has 0 aliphatic rings. The van der Waals surface area contributed by atoms with E-state index in [9.17, 15) is 5.11 Å². The fourth-order valence-corrected chi connectivity index (χ4v) is 2.95. The van der Waals surface area contributed by atoms with Crippen LogP contribution in [-0.2, 0) is 0 Å². The number of thioether (sulfide) groups is 1. The van der Waals surface area contributed by atoms with Gasteiger partial charge in [-0.3, -0.25) is 0 Å². The first-order chi connectivity index (χ1) is 6.47. The van der Waals surface area contributed by atoms with Crippen LogP contribution in [0.2, 0.25) is 0 Å². The average molecular weight is 218 g/mol. The molecular formula is C12H26OS. The molecule has 0 aliphatic carbocycles. The van der Waals surface area contributed by atoms with Gasteiger partial charge in [0.25, 0.3) is 0 Å². The smallest absolute Gasteiger partial charge is 0.0522 e. The van der Waals surface area contributed by atoms with Crippen molar-refractivity contribution in [1.29, 1.82) is 0 Å². The molecule has 0 fully saturated rings. The molecule has 1 nitrogen and oxygen atoms in total. The van der Waals surface area contributed by atoms with Gasteiger partial charge in [-0.15, -0.1) is 0 Å². The van der Waals surface area contributed by atoms with Gasteiger partial charge in [-0.2, -0.15) is 11.8 Å². The van der Waals surface area contributed by atoms with Crippen molar-refractivity contribution in [3.63, 3.8) is 0 Å². The number of hydrogen-bond acceptors (Lipinski definition) is 2. The summed E-state index contributed by atoms with van der Waals surface area (Å²) in [5.41, 5.74) is 0. The molecule has 0 amide bonds. The lowest BCUT2D eigenvalue weighted by Gasteiger charge is -2.24. The highest BCUT2D eigenvalue weighted by Gasteiger charge is 2.18.